The van der Waals surface area contributed by atoms with Crippen LogP contribution in [0, 0.1) is 0 Å². The molecule has 2 rings (SSSR count). The van der Waals surface area contributed by atoms with Gasteiger partial charge in [0.15, 0.2) is 0 Å². The predicted molar refractivity (Wildman–Crippen MR) is 49.8 cm³/mol. The highest BCUT2D eigenvalue weighted by molar-refractivity contribution is 5.88. The lowest BCUT2D eigenvalue weighted by atomic mass is 10.3. The zero-order valence-electron chi connectivity index (χ0n) is 7.66. The molecule has 1 unspecified atom stereocenters. The summed E-state index contributed by atoms with van der Waals surface area (Å²) in [5, 5.41) is 0. The van der Waals surface area contributed by atoms with Gasteiger partial charge in [-0.25, -0.2) is 4.79 Å². The summed E-state index contributed by atoms with van der Waals surface area (Å²) >= 11 is 0. The second-order valence-electron chi connectivity index (χ2n) is 3.24. The van der Waals surface area contributed by atoms with Gasteiger partial charge in [-0.2, -0.15) is 0 Å². The van der Waals surface area contributed by atoms with Crippen molar-refractivity contribution in [2.45, 2.75) is 12.5 Å². The first-order chi connectivity index (χ1) is 6.75. The van der Waals surface area contributed by atoms with Crippen LogP contribution in [0.5, 0.6) is 0 Å². The molecule has 0 saturated carbocycles. The van der Waals surface area contributed by atoms with Crippen molar-refractivity contribution in [3.63, 3.8) is 0 Å². The number of nitrogens with two attached hydrogens (primary N) is 1. The Labute approximate surface area is 81.2 Å². The number of anilines is 1. The number of aromatic amines is 1. The number of ether oxygens (including phenoxy) is 2. The van der Waals surface area contributed by atoms with Gasteiger partial charge in [-0.1, -0.05) is 0 Å². The molecule has 0 aliphatic carbocycles. The van der Waals surface area contributed by atoms with Gasteiger partial charge in [0, 0.05) is 12.6 Å². The number of H-pyrrole nitrogens is 1. The summed E-state index contributed by atoms with van der Waals surface area (Å²) in [6.45, 7) is 1.15. The van der Waals surface area contributed by atoms with Gasteiger partial charge in [0.25, 0.3) is 0 Å². The normalized spacial score (nSPS) is 21.0. The maximum absolute atomic E-state index is 11.4. The lowest BCUT2D eigenvalue weighted by molar-refractivity contribution is 0.0265. The van der Waals surface area contributed by atoms with Crippen LogP contribution in [0.15, 0.2) is 12.3 Å². The minimum absolute atomic E-state index is 0.118. The van der Waals surface area contributed by atoms with Gasteiger partial charge in [0.1, 0.15) is 11.8 Å². The summed E-state index contributed by atoms with van der Waals surface area (Å²) in [6, 6.07) is 1.55. The molecule has 0 bridgehead atoms. The number of aromatic nitrogens is 1. The van der Waals surface area contributed by atoms with Gasteiger partial charge < -0.3 is 20.2 Å². The number of carbonyl (C=O) groups is 1. The third-order valence-corrected chi connectivity index (χ3v) is 2.09. The van der Waals surface area contributed by atoms with E-state index in [1.807, 2.05) is 0 Å². The zero-order chi connectivity index (χ0) is 9.97. The van der Waals surface area contributed by atoms with Crippen LogP contribution in [0.4, 0.5) is 5.69 Å². The molecule has 0 amide bonds. The largest absolute Gasteiger partial charge is 0.455 e. The van der Waals surface area contributed by atoms with Crippen molar-refractivity contribution in [3.8, 4) is 0 Å². The van der Waals surface area contributed by atoms with Crippen molar-refractivity contribution < 1.29 is 14.3 Å². The zero-order valence-corrected chi connectivity index (χ0v) is 7.66. The third-order valence-electron chi connectivity index (χ3n) is 2.09. The topological polar surface area (TPSA) is 77.3 Å². The number of rotatable bonds is 2. The Morgan fingerprint density at radius 3 is 3.14 bits per heavy atom. The monoisotopic (exact) mass is 196 g/mol. The van der Waals surface area contributed by atoms with Crippen LogP contribution in [0.2, 0.25) is 0 Å². The molecule has 3 N–H and O–H groups in total. The van der Waals surface area contributed by atoms with Gasteiger partial charge in [-0.05, 0) is 6.07 Å². The van der Waals surface area contributed by atoms with Crippen LogP contribution in [0.3, 0.4) is 0 Å². The fraction of sp³-hybridized carbons (Fsp3) is 0.444. The van der Waals surface area contributed by atoms with E-state index >= 15 is 0 Å². The maximum Gasteiger partial charge on any atom is 0.355 e. The van der Waals surface area contributed by atoms with E-state index in [2.05, 4.69) is 4.98 Å². The molecule has 5 nitrogen and oxygen atoms in total. The van der Waals surface area contributed by atoms with E-state index in [1.165, 1.54) is 0 Å². The standard InChI is InChI=1S/C9H12N2O3/c10-6-3-8(11-4-6)9(12)14-7-1-2-13-5-7/h3-4,7,11H,1-2,5,10H2. The minimum atomic E-state index is -0.378. The van der Waals surface area contributed by atoms with Crippen molar-refractivity contribution in [1.29, 1.82) is 0 Å². The number of nitrogens with one attached hydrogen (secondary N) is 1. The summed E-state index contributed by atoms with van der Waals surface area (Å²) in [7, 11) is 0. The van der Waals surface area contributed by atoms with Gasteiger partial charge in [0.2, 0.25) is 0 Å². The predicted octanol–water partition coefficient (Wildman–Crippen LogP) is 0.543. The quantitative estimate of drug-likeness (QED) is 0.677. The Morgan fingerprint density at radius 2 is 2.57 bits per heavy atom. The summed E-state index contributed by atoms with van der Waals surface area (Å²) in [6.07, 6.45) is 2.20. The van der Waals surface area contributed by atoms with E-state index in [-0.39, 0.29) is 12.1 Å². The summed E-state index contributed by atoms with van der Waals surface area (Å²) < 4.78 is 10.2. The molecule has 5 heteroatoms. The van der Waals surface area contributed by atoms with Gasteiger partial charge in [0.05, 0.1) is 18.9 Å². The van der Waals surface area contributed by atoms with Crippen LogP contribution in [0.25, 0.3) is 0 Å². The fourth-order valence-electron chi connectivity index (χ4n) is 1.35. The van der Waals surface area contributed by atoms with Gasteiger partial charge in [-0.15, -0.1) is 0 Å². The molecule has 14 heavy (non-hydrogen) atoms. The molecule has 0 radical (unpaired) electrons. The van der Waals surface area contributed by atoms with Crippen LogP contribution in [-0.2, 0) is 9.47 Å². The Morgan fingerprint density at radius 1 is 1.71 bits per heavy atom. The first-order valence-corrected chi connectivity index (χ1v) is 4.48. The molecule has 1 aliphatic heterocycles. The minimum Gasteiger partial charge on any atom is -0.455 e. The molecule has 1 aromatic rings. The Kier molecular flexibility index (Phi) is 2.41. The molecular formula is C9H12N2O3. The second-order valence-corrected chi connectivity index (χ2v) is 3.24. The number of hydrogen-bond acceptors (Lipinski definition) is 4. The lowest BCUT2D eigenvalue weighted by Gasteiger charge is -2.08. The van der Waals surface area contributed by atoms with Crippen LogP contribution >= 0.6 is 0 Å². The van der Waals surface area contributed by atoms with Crippen LogP contribution in [0.1, 0.15) is 16.9 Å². The molecule has 1 fully saturated rings. The fourth-order valence-corrected chi connectivity index (χ4v) is 1.35. The van der Waals surface area contributed by atoms with Crippen LogP contribution in [-0.4, -0.2) is 30.3 Å². The van der Waals surface area contributed by atoms with Crippen molar-refractivity contribution in [2.75, 3.05) is 18.9 Å². The molecule has 1 aromatic heterocycles. The van der Waals surface area contributed by atoms with E-state index in [1.54, 1.807) is 12.3 Å². The molecule has 0 aromatic carbocycles. The number of esters is 1. The number of nitrogen functional groups attached to an aromatic ring is 1. The SMILES string of the molecule is Nc1c[nH]c(C(=O)OC2CCOC2)c1. The average Bonchev–Trinajstić information content (AvgIpc) is 2.75. The van der Waals surface area contributed by atoms with Crippen molar-refractivity contribution in [2.24, 2.45) is 0 Å². The summed E-state index contributed by atoms with van der Waals surface area (Å²) in [5.41, 5.74) is 6.37. The Hall–Kier alpha value is -1.49. The van der Waals surface area contributed by atoms with E-state index < -0.39 is 0 Å². The van der Waals surface area contributed by atoms with Crippen molar-refractivity contribution in [1.82, 2.24) is 4.98 Å². The number of carbonyl (C=O) groups excluding carboxylic acids is 1. The van der Waals surface area contributed by atoms with E-state index in [9.17, 15) is 4.79 Å². The van der Waals surface area contributed by atoms with E-state index in [0.29, 0.717) is 24.6 Å². The smallest absolute Gasteiger partial charge is 0.355 e. The molecule has 0 spiro atoms. The molecule has 76 valence electrons. The van der Waals surface area contributed by atoms with Crippen LogP contribution < -0.4 is 5.73 Å². The van der Waals surface area contributed by atoms with Crippen molar-refractivity contribution in [3.05, 3.63) is 18.0 Å². The molecule has 1 aliphatic rings. The molecular weight excluding hydrogens is 184 g/mol. The highest BCUT2D eigenvalue weighted by Crippen LogP contribution is 2.12. The Bertz CT molecular complexity index is 329. The second kappa shape index (κ2) is 3.71. The van der Waals surface area contributed by atoms with Crippen molar-refractivity contribution >= 4 is 11.7 Å². The summed E-state index contributed by atoms with van der Waals surface area (Å²) in [5.74, 6) is -0.378. The van der Waals surface area contributed by atoms with Gasteiger partial charge in [-0.3, -0.25) is 0 Å². The molecule has 1 atom stereocenters. The Balaban J connectivity index is 1.95. The highest BCUT2D eigenvalue weighted by atomic mass is 16.6. The summed E-state index contributed by atoms with van der Waals surface area (Å²) in [4.78, 5) is 14.2. The first-order valence-electron chi connectivity index (χ1n) is 4.48. The van der Waals surface area contributed by atoms with E-state index in [4.69, 9.17) is 15.2 Å². The number of hydrogen-bond donors (Lipinski definition) is 2. The molecule has 1 saturated heterocycles. The first kappa shape index (κ1) is 9.08. The third kappa shape index (κ3) is 1.88. The maximum atomic E-state index is 11.4. The average molecular weight is 196 g/mol. The highest BCUT2D eigenvalue weighted by Gasteiger charge is 2.21. The molecule has 2 heterocycles. The van der Waals surface area contributed by atoms with E-state index in [0.717, 1.165) is 6.42 Å². The van der Waals surface area contributed by atoms with Gasteiger partial charge >= 0.3 is 5.97 Å². The lowest BCUT2D eigenvalue weighted by Crippen LogP contribution is -2.18.